The maximum absolute atomic E-state index is 13.2. The zero-order valence-electron chi connectivity index (χ0n) is 11.1. The second-order valence-corrected chi connectivity index (χ2v) is 4.25. The summed E-state index contributed by atoms with van der Waals surface area (Å²) in [4.78, 5) is 11.5. The largest absolute Gasteiger partial charge is 0.465 e. The van der Waals surface area contributed by atoms with Gasteiger partial charge in [0.1, 0.15) is 17.3 Å². The summed E-state index contributed by atoms with van der Waals surface area (Å²) in [6, 6.07) is 9.07. The molecule has 0 aliphatic rings. The summed E-state index contributed by atoms with van der Waals surface area (Å²) in [5.41, 5.74) is 6.71. The van der Waals surface area contributed by atoms with Gasteiger partial charge in [-0.3, -0.25) is 0 Å². The van der Waals surface area contributed by atoms with Crippen LogP contribution in [0.15, 0.2) is 36.4 Å². The van der Waals surface area contributed by atoms with Gasteiger partial charge in [-0.25, -0.2) is 9.18 Å². The molecule has 20 heavy (non-hydrogen) atoms. The van der Waals surface area contributed by atoms with Crippen LogP contribution in [0.4, 0.5) is 10.1 Å². The minimum Gasteiger partial charge on any atom is -0.465 e. The third-order valence-corrected chi connectivity index (χ3v) is 2.80. The maximum Gasteiger partial charge on any atom is 0.340 e. The van der Waals surface area contributed by atoms with Crippen molar-refractivity contribution >= 4 is 11.7 Å². The number of aryl methyl sites for hydroxylation is 1. The molecule has 0 fully saturated rings. The van der Waals surface area contributed by atoms with E-state index < -0.39 is 5.97 Å². The van der Waals surface area contributed by atoms with E-state index in [9.17, 15) is 9.18 Å². The Morgan fingerprint density at radius 3 is 2.45 bits per heavy atom. The van der Waals surface area contributed by atoms with Crippen LogP contribution in [0, 0.1) is 12.7 Å². The van der Waals surface area contributed by atoms with Gasteiger partial charge in [-0.1, -0.05) is 0 Å². The third-order valence-electron chi connectivity index (χ3n) is 2.80. The highest BCUT2D eigenvalue weighted by Gasteiger charge is 2.11. The van der Waals surface area contributed by atoms with Gasteiger partial charge in [0, 0.05) is 5.69 Å². The number of nitrogens with two attached hydrogens (primary N) is 1. The molecule has 2 rings (SSSR count). The lowest BCUT2D eigenvalue weighted by molar-refractivity contribution is 0.0601. The first-order chi connectivity index (χ1) is 9.51. The number of nitrogen functional groups attached to an aromatic ring is 1. The van der Waals surface area contributed by atoms with Crippen molar-refractivity contribution in [3.8, 4) is 11.5 Å². The number of ether oxygens (including phenoxy) is 2. The summed E-state index contributed by atoms with van der Waals surface area (Å²) in [5, 5.41) is 0. The third kappa shape index (κ3) is 2.88. The van der Waals surface area contributed by atoms with Crippen LogP contribution in [0.1, 0.15) is 15.9 Å². The first kappa shape index (κ1) is 13.9. The van der Waals surface area contributed by atoms with Crippen molar-refractivity contribution in [1.82, 2.24) is 0 Å². The molecule has 5 heteroatoms. The lowest BCUT2D eigenvalue weighted by Gasteiger charge is -2.09. The van der Waals surface area contributed by atoms with Crippen LogP contribution in [0.3, 0.4) is 0 Å². The molecule has 0 amide bonds. The van der Waals surface area contributed by atoms with Crippen LogP contribution < -0.4 is 10.5 Å². The quantitative estimate of drug-likeness (QED) is 0.689. The Morgan fingerprint density at radius 1 is 1.15 bits per heavy atom. The van der Waals surface area contributed by atoms with Crippen molar-refractivity contribution in [1.29, 1.82) is 0 Å². The van der Waals surface area contributed by atoms with E-state index in [0.29, 0.717) is 22.7 Å². The summed E-state index contributed by atoms with van der Waals surface area (Å²) in [6.07, 6.45) is 0. The molecule has 0 saturated carbocycles. The normalized spacial score (nSPS) is 10.2. The van der Waals surface area contributed by atoms with Crippen LogP contribution >= 0.6 is 0 Å². The van der Waals surface area contributed by atoms with Gasteiger partial charge in [0.25, 0.3) is 0 Å². The molecule has 0 bridgehead atoms. The Kier molecular flexibility index (Phi) is 3.89. The molecule has 0 aliphatic carbocycles. The maximum atomic E-state index is 13.2. The summed E-state index contributed by atoms with van der Waals surface area (Å²) in [5.74, 6) is 0.0586. The van der Waals surface area contributed by atoms with Gasteiger partial charge in [-0.15, -0.1) is 0 Å². The average Bonchev–Trinajstić information content (AvgIpc) is 2.44. The van der Waals surface area contributed by atoms with E-state index in [0.717, 1.165) is 0 Å². The van der Waals surface area contributed by atoms with Gasteiger partial charge in [0.15, 0.2) is 0 Å². The monoisotopic (exact) mass is 275 g/mol. The van der Waals surface area contributed by atoms with Crippen LogP contribution in [0.5, 0.6) is 11.5 Å². The van der Waals surface area contributed by atoms with Crippen molar-refractivity contribution in [3.05, 3.63) is 53.3 Å². The van der Waals surface area contributed by atoms with Gasteiger partial charge >= 0.3 is 5.97 Å². The SMILES string of the molecule is COC(=O)c1cc(Oc2ccc(F)c(C)c2)ccc1N. The van der Waals surface area contributed by atoms with E-state index in [1.807, 2.05) is 0 Å². The second kappa shape index (κ2) is 5.61. The highest BCUT2D eigenvalue weighted by atomic mass is 19.1. The molecule has 0 heterocycles. The molecule has 2 N–H and O–H groups in total. The molecule has 0 atom stereocenters. The van der Waals surface area contributed by atoms with Gasteiger partial charge in [0.05, 0.1) is 12.7 Å². The fraction of sp³-hybridized carbons (Fsp3) is 0.133. The predicted octanol–water partition coefficient (Wildman–Crippen LogP) is 3.30. The average molecular weight is 275 g/mol. The Bertz CT molecular complexity index is 656. The van der Waals surface area contributed by atoms with E-state index in [1.54, 1.807) is 25.1 Å². The van der Waals surface area contributed by atoms with E-state index in [1.165, 1.54) is 25.3 Å². The molecule has 0 unspecified atom stereocenters. The van der Waals surface area contributed by atoms with E-state index in [4.69, 9.17) is 10.5 Å². The minimum atomic E-state index is -0.539. The fourth-order valence-corrected chi connectivity index (χ4v) is 1.70. The summed E-state index contributed by atoms with van der Waals surface area (Å²) < 4.78 is 23.4. The van der Waals surface area contributed by atoms with Crippen molar-refractivity contribution < 1.29 is 18.7 Å². The first-order valence-electron chi connectivity index (χ1n) is 5.93. The van der Waals surface area contributed by atoms with Gasteiger partial charge in [-0.05, 0) is 48.9 Å². The smallest absolute Gasteiger partial charge is 0.340 e. The molecule has 0 radical (unpaired) electrons. The zero-order chi connectivity index (χ0) is 14.7. The number of anilines is 1. The zero-order valence-corrected chi connectivity index (χ0v) is 11.1. The van der Waals surface area contributed by atoms with Crippen molar-refractivity contribution in [2.24, 2.45) is 0 Å². The number of methoxy groups -OCH3 is 1. The number of hydrogen-bond acceptors (Lipinski definition) is 4. The number of benzene rings is 2. The molecule has 0 aromatic heterocycles. The molecular formula is C15H14FNO3. The Balaban J connectivity index is 2.29. The highest BCUT2D eigenvalue weighted by molar-refractivity contribution is 5.95. The highest BCUT2D eigenvalue weighted by Crippen LogP contribution is 2.26. The molecular weight excluding hydrogens is 261 g/mol. The summed E-state index contributed by atoms with van der Waals surface area (Å²) in [7, 11) is 1.28. The van der Waals surface area contributed by atoms with E-state index in [-0.39, 0.29) is 11.4 Å². The molecule has 2 aromatic carbocycles. The number of rotatable bonds is 3. The molecule has 4 nitrogen and oxygen atoms in total. The molecule has 0 spiro atoms. The lowest BCUT2D eigenvalue weighted by Crippen LogP contribution is -2.05. The van der Waals surface area contributed by atoms with Gasteiger partial charge in [0.2, 0.25) is 0 Å². The van der Waals surface area contributed by atoms with Crippen LogP contribution in [0.25, 0.3) is 0 Å². The van der Waals surface area contributed by atoms with Crippen LogP contribution in [-0.2, 0) is 4.74 Å². The van der Waals surface area contributed by atoms with Crippen LogP contribution in [-0.4, -0.2) is 13.1 Å². The summed E-state index contributed by atoms with van der Waals surface area (Å²) in [6.45, 7) is 1.64. The van der Waals surface area contributed by atoms with Crippen molar-refractivity contribution in [3.63, 3.8) is 0 Å². The van der Waals surface area contributed by atoms with Gasteiger partial charge < -0.3 is 15.2 Å². The topological polar surface area (TPSA) is 61.5 Å². The van der Waals surface area contributed by atoms with E-state index in [2.05, 4.69) is 4.74 Å². The van der Waals surface area contributed by atoms with Gasteiger partial charge in [-0.2, -0.15) is 0 Å². The second-order valence-electron chi connectivity index (χ2n) is 4.25. The first-order valence-corrected chi connectivity index (χ1v) is 5.93. The summed E-state index contributed by atoms with van der Waals surface area (Å²) >= 11 is 0. The Labute approximate surface area is 115 Å². The standard InChI is InChI=1S/C15H14FNO3/c1-9-7-10(3-5-13(9)16)20-11-4-6-14(17)12(8-11)15(18)19-2/h3-8H,17H2,1-2H3. The Morgan fingerprint density at radius 2 is 1.80 bits per heavy atom. The molecule has 2 aromatic rings. The Hall–Kier alpha value is -2.56. The van der Waals surface area contributed by atoms with E-state index >= 15 is 0 Å². The van der Waals surface area contributed by atoms with Crippen LogP contribution in [0.2, 0.25) is 0 Å². The fourth-order valence-electron chi connectivity index (χ4n) is 1.70. The molecule has 0 saturated heterocycles. The molecule has 0 aliphatic heterocycles. The van der Waals surface area contributed by atoms with Crippen molar-refractivity contribution in [2.75, 3.05) is 12.8 Å². The molecule has 104 valence electrons. The number of esters is 1. The number of hydrogen-bond donors (Lipinski definition) is 1. The predicted molar refractivity (Wildman–Crippen MR) is 73.4 cm³/mol. The minimum absolute atomic E-state index is 0.226. The lowest BCUT2D eigenvalue weighted by atomic mass is 10.1. The van der Waals surface area contributed by atoms with Crippen molar-refractivity contribution in [2.45, 2.75) is 6.92 Å². The number of carbonyl (C=O) groups is 1. The number of halogens is 1. The number of carbonyl (C=O) groups excluding carboxylic acids is 1.